The van der Waals surface area contributed by atoms with E-state index in [0.29, 0.717) is 6.04 Å². The van der Waals surface area contributed by atoms with E-state index in [1.54, 1.807) is 0 Å². The van der Waals surface area contributed by atoms with Gasteiger partial charge >= 0.3 is 0 Å². The minimum Gasteiger partial charge on any atom is -0.375 e. The van der Waals surface area contributed by atoms with Gasteiger partial charge in [-0.05, 0) is 58.3 Å². The maximum Gasteiger partial charge on any atom is 0.133 e. The number of fused-ring (bicyclic) bond motifs is 1. The van der Waals surface area contributed by atoms with Gasteiger partial charge in [-0.25, -0.2) is 9.97 Å². The van der Waals surface area contributed by atoms with Gasteiger partial charge in [0.15, 0.2) is 0 Å². The van der Waals surface area contributed by atoms with Crippen molar-refractivity contribution in [3.63, 3.8) is 0 Å². The number of anilines is 1. The highest BCUT2D eigenvalue weighted by Crippen LogP contribution is 2.41. The summed E-state index contributed by atoms with van der Waals surface area (Å²) in [6.07, 6.45) is 12.2. The molecule has 0 amide bonds. The predicted molar refractivity (Wildman–Crippen MR) is 87.2 cm³/mol. The molecule has 4 heteroatoms. The van der Waals surface area contributed by atoms with Crippen LogP contribution in [0.3, 0.4) is 0 Å². The summed E-state index contributed by atoms with van der Waals surface area (Å²) in [5.41, 5.74) is 2.82. The fourth-order valence-electron chi connectivity index (χ4n) is 4.55. The van der Waals surface area contributed by atoms with Crippen LogP contribution in [-0.2, 0) is 17.6 Å². The van der Waals surface area contributed by atoms with Crippen LogP contribution >= 0.6 is 0 Å². The van der Waals surface area contributed by atoms with E-state index in [1.807, 2.05) is 6.92 Å². The zero-order valence-electron chi connectivity index (χ0n) is 13.7. The molecule has 1 N–H and O–H groups in total. The lowest BCUT2D eigenvalue weighted by atomic mass is 9.88. The van der Waals surface area contributed by atoms with Crippen molar-refractivity contribution in [1.82, 2.24) is 9.97 Å². The summed E-state index contributed by atoms with van der Waals surface area (Å²) in [7, 11) is 0. The molecule has 1 aromatic rings. The molecule has 0 radical (unpaired) electrons. The first-order valence-corrected chi connectivity index (χ1v) is 9.01. The maximum absolute atomic E-state index is 6.16. The van der Waals surface area contributed by atoms with Gasteiger partial charge in [0.25, 0.3) is 0 Å². The van der Waals surface area contributed by atoms with Crippen molar-refractivity contribution in [2.45, 2.75) is 82.8 Å². The fourth-order valence-corrected chi connectivity index (χ4v) is 4.55. The Morgan fingerprint density at radius 3 is 2.77 bits per heavy atom. The van der Waals surface area contributed by atoms with E-state index < -0.39 is 0 Å². The molecule has 3 aliphatic rings. The van der Waals surface area contributed by atoms with Crippen LogP contribution in [0.15, 0.2) is 0 Å². The van der Waals surface area contributed by atoms with Crippen LogP contribution in [0.4, 0.5) is 5.82 Å². The third kappa shape index (κ3) is 2.73. The smallest absolute Gasteiger partial charge is 0.133 e. The molecule has 0 bridgehead atoms. The molecule has 22 heavy (non-hydrogen) atoms. The fraction of sp³-hybridized carbons (Fsp3) is 0.778. The molecular weight excluding hydrogens is 274 g/mol. The Morgan fingerprint density at radius 1 is 1.09 bits per heavy atom. The van der Waals surface area contributed by atoms with Crippen LogP contribution in [0.25, 0.3) is 0 Å². The lowest BCUT2D eigenvalue weighted by molar-refractivity contribution is -0.0767. The topological polar surface area (TPSA) is 47.0 Å². The van der Waals surface area contributed by atoms with Gasteiger partial charge in [-0.3, -0.25) is 0 Å². The molecule has 4 nitrogen and oxygen atoms in total. The van der Waals surface area contributed by atoms with Crippen LogP contribution in [0.2, 0.25) is 0 Å². The second kappa shape index (κ2) is 5.80. The van der Waals surface area contributed by atoms with E-state index in [1.165, 1.54) is 49.8 Å². The Hall–Kier alpha value is -1.16. The van der Waals surface area contributed by atoms with Gasteiger partial charge in [-0.15, -0.1) is 0 Å². The summed E-state index contributed by atoms with van der Waals surface area (Å²) < 4.78 is 6.16. The summed E-state index contributed by atoms with van der Waals surface area (Å²) >= 11 is 0. The van der Waals surface area contributed by atoms with Gasteiger partial charge in [-0.2, -0.15) is 0 Å². The van der Waals surface area contributed by atoms with Crippen LogP contribution in [0, 0.1) is 6.92 Å². The average molecular weight is 301 g/mol. The normalized spacial score (nSPS) is 26.9. The van der Waals surface area contributed by atoms with Gasteiger partial charge < -0.3 is 10.1 Å². The summed E-state index contributed by atoms with van der Waals surface area (Å²) in [6.45, 7) is 2.91. The van der Waals surface area contributed by atoms with Crippen molar-refractivity contribution in [2.75, 3.05) is 11.9 Å². The molecule has 2 fully saturated rings. The molecule has 0 aromatic carbocycles. The van der Waals surface area contributed by atoms with Crippen molar-refractivity contribution in [3.05, 3.63) is 17.1 Å². The monoisotopic (exact) mass is 301 g/mol. The van der Waals surface area contributed by atoms with E-state index in [2.05, 4.69) is 10.3 Å². The Balaban J connectivity index is 1.54. The van der Waals surface area contributed by atoms with Gasteiger partial charge in [0.05, 0.1) is 5.60 Å². The molecule has 120 valence electrons. The van der Waals surface area contributed by atoms with Crippen LogP contribution < -0.4 is 5.32 Å². The maximum atomic E-state index is 6.16. The Labute approximate surface area is 133 Å². The van der Waals surface area contributed by atoms with Crippen molar-refractivity contribution in [2.24, 2.45) is 0 Å². The SMILES string of the molecule is Cc1nc2c(c(NC3CCOC4(CCCC4)C3)n1)CCCC2. The molecular formula is C18H27N3O. The first-order chi connectivity index (χ1) is 10.7. The van der Waals surface area contributed by atoms with Crippen molar-refractivity contribution in [3.8, 4) is 0 Å². The van der Waals surface area contributed by atoms with Crippen molar-refractivity contribution < 1.29 is 4.74 Å². The second-order valence-corrected chi connectivity index (χ2v) is 7.32. The lowest BCUT2D eigenvalue weighted by Crippen LogP contribution is -2.42. The average Bonchev–Trinajstić information content (AvgIpc) is 2.95. The molecule has 1 aromatic heterocycles. The zero-order chi connectivity index (χ0) is 15.0. The van der Waals surface area contributed by atoms with Crippen molar-refractivity contribution >= 4 is 5.82 Å². The third-order valence-electron chi connectivity index (χ3n) is 5.64. The second-order valence-electron chi connectivity index (χ2n) is 7.32. The minimum absolute atomic E-state index is 0.165. The predicted octanol–water partition coefficient (Wildman–Crippen LogP) is 3.57. The zero-order valence-corrected chi connectivity index (χ0v) is 13.7. The van der Waals surface area contributed by atoms with E-state index >= 15 is 0 Å². The Kier molecular flexibility index (Phi) is 3.81. The third-order valence-corrected chi connectivity index (χ3v) is 5.64. The van der Waals surface area contributed by atoms with E-state index in [-0.39, 0.29) is 5.60 Å². The number of hydrogen-bond donors (Lipinski definition) is 1. The van der Waals surface area contributed by atoms with E-state index in [4.69, 9.17) is 9.72 Å². The number of rotatable bonds is 2. The Morgan fingerprint density at radius 2 is 1.91 bits per heavy atom. The first kappa shape index (κ1) is 14.4. The molecule has 1 atom stereocenters. The van der Waals surface area contributed by atoms with Gasteiger partial charge in [0.1, 0.15) is 11.6 Å². The Bertz CT molecular complexity index is 552. The van der Waals surface area contributed by atoms with Gasteiger partial charge in [-0.1, -0.05) is 12.8 Å². The summed E-state index contributed by atoms with van der Waals surface area (Å²) in [5.74, 6) is 2.02. The number of hydrogen-bond acceptors (Lipinski definition) is 4. The number of aromatic nitrogens is 2. The quantitative estimate of drug-likeness (QED) is 0.907. The van der Waals surface area contributed by atoms with Crippen LogP contribution in [0.1, 0.15) is 68.4 Å². The highest BCUT2D eigenvalue weighted by atomic mass is 16.5. The van der Waals surface area contributed by atoms with E-state index in [9.17, 15) is 0 Å². The molecule has 1 aliphatic heterocycles. The van der Waals surface area contributed by atoms with Gasteiger partial charge in [0, 0.05) is 23.9 Å². The minimum atomic E-state index is 0.165. The number of nitrogens with one attached hydrogen (secondary N) is 1. The summed E-state index contributed by atoms with van der Waals surface area (Å²) in [5, 5.41) is 3.77. The molecule has 1 saturated heterocycles. The van der Waals surface area contributed by atoms with Crippen molar-refractivity contribution in [1.29, 1.82) is 0 Å². The standard InChI is InChI=1S/C18H27N3O/c1-13-19-16-7-3-2-6-15(16)17(20-13)21-14-8-11-22-18(12-14)9-4-5-10-18/h14H,2-12H2,1H3,(H,19,20,21). The summed E-state index contributed by atoms with van der Waals surface area (Å²) in [4.78, 5) is 9.40. The van der Waals surface area contributed by atoms with Gasteiger partial charge in [0.2, 0.25) is 0 Å². The first-order valence-electron chi connectivity index (χ1n) is 9.01. The molecule has 4 rings (SSSR count). The number of aryl methyl sites for hydroxylation is 2. The molecule has 2 heterocycles. The highest BCUT2D eigenvalue weighted by molar-refractivity contribution is 5.48. The molecule has 1 spiro atoms. The number of ether oxygens (including phenoxy) is 1. The lowest BCUT2D eigenvalue weighted by Gasteiger charge is -2.39. The number of nitrogens with zero attached hydrogens (tertiary/aromatic N) is 2. The summed E-state index contributed by atoms with van der Waals surface area (Å²) in [6, 6.07) is 0.507. The molecule has 1 unspecified atom stereocenters. The van der Waals surface area contributed by atoms with E-state index in [0.717, 1.165) is 43.9 Å². The molecule has 2 aliphatic carbocycles. The largest absolute Gasteiger partial charge is 0.375 e. The van der Waals surface area contributed by atoms with Crippen LogP contribution in [0.5, 0.6) is 0 Å². The van der Waals surface area contributed by atoms with Crippen LogP contribution in [-0.4, -0.2) is 28.2 Å². The highest BCUT2D eigenvalue weighted by Gasteiger charge is 2.40. The molecule has 1 saturated carbocycles.